The van der Waals surface area contributed by atoms with Gasteiger partial charge < -0.3 is 21.1 Å². The number of nitrogens with two attached hydrogens (primary N) is 1. The summed E-state index contributed by atoms with van der Waals surface area (Å²) in [5, 5.41) is 11.9. The molecule has 1 aliphatic heterocycles. The van der Waals surface area contributed by atoms with Crippen molar-refractivity contribution in [3.63, 3.8) is 0 Å². The Hall–Kier alpha value is -1.79. The summed E-state index contributed by atoms with van der Waals surface area (Å²) >= 11 is 0. The molecule has 0 saturated carbocycles. The second kappa shape index (κ2) is 5.91. The summed E-state index contributed by atoms with van der Waals surface area (Å²) < 4.78 is 0. The molecule has 0 radical (unpaired) electrons. The van der Waals surface area contributed by atoms with E-state index in [2.05, 4.69) is 5.32 Å². The third kappa shape index (κ3) is 3.86. The van der Waals surface area contributed by atoms with Crippen molar-refractivity contribution < 1.29 is 19.5 Å². The van der Waals surface area contributed by atoms with Crippen molar-refractivity contribution in [2.45, 2.75) is 46.1 Å². The first kappa shape index (κ1) is 17.3. The molecule has 4 N–H and O–H groups in total. The van der Waals surface area contributed by atoms with Gasteiger partial charge >= 0.3 is 12.0 Å². The molecule has 0 aromatic carbocycles. The highest BCUT2D eigenvalue weighted by molar-refractivity contribution is 5.89. The maximum Gasteiger partial charge on any atom is 0.318 e. The molecular formula is C14H25N3O4. The van der Waals surface area contributed by atoms with Crippen LogP contribution in [-0.2, 0) is 9.59 Å². The summed E-state index contributed by atoms with van der Waals surface area (Å²) in [4.78, 5) is 36.4. The third-order valence-corrected chi connectivity index (χ3v) is 4.32. The van der Waals surface area contributed by atoms with E-state index < -0.39 is 22.8 Å². The van der Waals surface area contributed by atoms with Crippen molar-refractivity contribution in [3.05, 3.63) is 0 Å². The monoisotopic (exact) mass is 299 g/mol. The average Bonchev–Trinajstić information content (AvgIpc) is 2.38. The van der Waals surface area contributed by atoms with Gasteiger partial charge in [-0.05, 0) is 46.5 Å². The highest BCUT2D eigenvalue weighted by Gasteiger charge is 2.40. The van der Waals surface area contributed by atoms with Gasteiger partial charge in [0.25, 0.3) is 0 Å². The summed E-state index contributed by atoms with van der Waals surface area (Å²) in [6.45, 7) is 7.34. The number of carbonyl (C=O) groups excluding carboxylic acids is 2. The topological polar surface area (TPSA) is 113 Å². The second-order valence-corrected chi connectivity index (χ2v) is 6.73. The van der Waals surface area contributed by atoms with Gasteiger partial charge in [0.2, 0.25) is 5.91 Å². The Labute approximate surface area is 124 Å². The van der Waals surface area contributed by atoms with Crippen LogP contribution in [0, 0.1) is 11.3 Å². The van der Waals surface area contributed by atoms with Crippen molar-refractivity contribution in [1.29, 1.82) is 0 Å². The van der Waals surface area contributed by atoms with E-state index >= 15 is 0 Å². The first-order chi connectivity index (χ1) is 9.48. The Kier molecular flexibility index (Phi) is 4.86. The van der Waals surface area contributed by atoms with E-state index in [1.807, 2.05) is 0 Å². The zero-order valence-electron chi connectivity index (χ0n) is 13.1. The SMILES string of the molecule is CC(C)(NC(=O)N1CCCC(C(C)(C)C(=O)O)C1)C(N)=O. The fourth-order valence-electron chi connectivity index (χ4n) is 2.33. The van der Waals surface area contributed by atoms with E-state index in [1.165, 1.54) is 13.8 Å². The number of aliphatic carboxylic acids is 1. The summed E-state index contributed by atoms with van der Waals surface area (Å²) in [6.07, 6.45) is 1.51. The minimum Gasteiger partial charge on any atom is -0.481 e. The molecule has 1 heterocycles. The third-order valence-electron chi connectivity index (χ3n) is 4.32. The van der Waals surface area contributed by atoms with Crippen LogP contribution in [0.3, 0.4) is 0 Å². The van der Waals surface area contributed by atoms with Crippen LogP contribution >= 0.6 is 0 Å². The van der Waals surface area contributed by atoms with Crippen LogP contribution in [0.1, 0.15) is 40.5 Å². The molecule has 120 valence electrons. The molecule has 3 amide bonds. The van der Waals surface area contributed by atoms with Gasteiger partial charge in [-0.1, -0.05) is 0 Å². The quantitative estimate of drug-likeness (QED) is 0.712. The lowest BCUT2D eigenvalue weighted by Crippen LogP contribution is -2.58. The van der Waals surface area contributed by atoms with Gasteiger partial charge in [-0.2, -0.15) is 0 Å². The molecule has 0 aromatic rings. The first-order valence-corrected chi connectivity index (χ1v) is 7.09. The van der Waals surface area contributed by atoms with Crippen molar-refractivity contribution in [3.8, 4) is 0 Å². The summed E-state index contributed by atoms with van der Waals surface area (Å²) in [5.41, 5.74) is 3.21. The van der Waals surface area contributed by atoms with Crippen LogP contribution in [0.4, 0.5) is 4.79 Å². The predicted molar refractivity (Wildman–Crippen MR) is 77.5 cm³/mol. The number of urea groups is 1. The number of rotatable bonds is 4. The predicted octanol–water partition coefficient (Wildman–Crippen LogP) is 0.783. The molecule has 0 spiro atoms. The van der Waals surface area contributed by atoms with Gasteiger partial charge in [-0.3, -0.25) is 9.59 Å². The molecule has 1 rings (SSSR count). The second-order valence-electron chi connectivity index (χ2n) is 6.73. The lowest BCUT2D eigenvalue weighted by Gasteiger charge is -2.40. The first-order valence-electron chi connectivity index (χ1n) is 7.09. The van der Waals surface area contributed by atoms with Gasteiger partial charge in [0.1, 0.15) is 5.54 Å². The van der Waals surface area contributed by atoms with E-state index in [9.17, 15) is 19.5 Å². The van der Waals surface area contributed by atoms with Crippen molar-refractivity contribution >= 4 is 17.9 Å². The summed E-state index contributed by atoms with van der Waals surface area (Å²) in [7, 11) is 0. The van der Waals surface area contributed by atoms with Gasteiger partial charge in [0.05, 0.1) is 5.41 Å². The maximum absolute atomic E-state index is 12.2. The molecule has 1 fully saturated rings. The van der Waals surface area contributed by atoms with Crippen LogP contribution in [-0.4, -0.2) is 46.5 Å². The highest BCUT2D eigenvalue weighted by Crippen LogP contribution is 2.34. The van der Waals surface area contributed by atoms with Crippen LogP contribution in [0.5, 0.6) is 0 Å². The molecule has 1 aliphatic rings. The lowest BCUT2D eigenvalue weighted by molar-refractivity contribution is -0.151. The minimum absolute atomic E-state index is 0.119. The van der Waals surface area contributed by atoms with E-state index in [-0.39, 0.29) is 11.9 Å². The van der Waals surface area contributed by atoms with Crippen LogP contribution in [0.25, 0.3) is 0 Å². The molecule has 1 atom stereocenters. The molecule has 0 aromatic heterocycles. The van der Waals surface area contributed by atoms with Gasteiger partial charge in [0, 0.05) is 13.1 Å². The molecule has 7 nitrogen and oxygen atoms in total. The standard InChI is InChI=1S/C14H25N3O4/c1-13(2,11(19)20)9-6-5-7-17(8-9)12(21)16-14(3,4)10(15)18/h9H,5-8H2,1-4H3,(H2,15,18)(H,16,21)(H,19,20). The molecule has 1 saturated heterocycles. The van der Waals surface area contributed by atoms with Gasteiger partial charge in [-0.25, -0.2) is 4.79 Å². The maximum atomic E-state index is 12.2. The molecule has 0 aliphatic carbocycles. The van der Waals surface area contributed by atoms with Crippen LogP contribution in [0.2, 0.25) is 0 Å². The number of carboxylic acid groups (broad SMARTS) is 1. The Morgan fingerprint density at radius 1 is 1.24 bits per heavy atom. The number of nitrogens with zero attached hydrogens (tertiary/aromatic N) is 1. The highest BCUT2D eigenvalue weighted by atomic mass is 16.4. The van der Waals surface area contributed by atoms with E-state index in [0.717, 1.165) is 12.8 Å². The largest absolute Gasteiger partial charge is 0.481 e. The number of likely N-dealkylation sites (tertiary alicyclic amines) is 1. The van der Waals surface area contributed by atoms with Gasteiger partial charge in [-0.15, -0.1) is 0 Å². The summed E-state index contributed by atoms with van der Waals surface area (Å²) in [5.74, 6) is -1.60. The number of nitrogens with one attached hydrogen (secondary N) is 1. The van der Waals surface area contributed by atoms with Crippen molar-refractivity contribution in [2.24, 2.45) is 17.1 Å². The van der Waals surface area contributed by atoms with E-state index in [0.29, 0.717) is 13.1 Å². The normalized spacial score (nSPS) is 20.0. The lowest BCUT2D eigenvalue weighted by atomic mass is 9.74. The Morgan fingerprint density at radius 3 is 2.29 bits per heavy atom. The number of carbonyl (C=O) groups is 3. The zero-order chi connectivity index (χ0) is 16.4. The Balaban J connectivity index is 2.75. The molecule has 21 heavy (non-hydrogen) atoms. The molecule has 1 unspecified atom stereocenters. The average molecular weight is 299 g/mol. The Morgan fingerprint density at radius 2 is 1.81 bits per heavy atom. The number of carboxylic acids is 1. The van der Waals surface area contributed by atoms with E-state index in [1.54, 1.807) is 18.7 Å². The number of hydrogen-bond donors (Lipinski definition) is 3. The number of amides is 3. The number of piperidine rings is 1. The fourth-order valence-corrected chi connectivity index (χ4v) is 2.33. The summed E-state index contributed by atoms with van der Waals surface area (Å²) in [6, 6.07) is -0.385. The minimum atomic E-state index is -1.13. The molecule has 0 bridgehead atoms. The molecular weight excluding hydrogens is 274 g/mol. The van der Waals surface area contributed by atoms with Crippen molar-refractivity contribution in [1.82, 2.24) is 10.2 Å². The number of hydrogen-bond acceptors (Lipinski definition) is 3. The smallest absolute Gasteiger partial charge is 0.318 e. The Bertz CT molecular complexity index is 446. The van der Waals surface area contributed by atoms with Crippen molar-refractivity contribution in [2.75, 3.05) is 13.1 Å². The fraction of sp³-hybridized carbons (Fsp3) is 0.786. The van der Waals surface area contributed by atoms with Crippen LogP contribution < -0.4 is 11.1 Å². The van der Waals surface area contributed by atoms with E-state index in [4.69, 9.17) is 5.73 Å². The number of primary amides is 1. The van der Waals surface area contributed by atoms with Crippen LogP contribution in [0.15, 0.2) is 0 Å². The zero-order valence-corrected chi connectivity index (χ0v) is 13.1. The molecule has 7 heteroatoms. The van der Waals surface area contributed by atoms with Gasteiger partial charge in [0.15, 0.2) is 0 Å².